The summed E-state index contributed by atoms with van der Waals surface area (Å²) in [6, 6.07) is 11.7. The van der Waals surface area contributed by atoms with E-state index in [1.54, 1.807) is 0 Å². The van der Waals surface area contributed by atoms with Gasteiger partial charge in [0.15, 0.2) is 11.6 Å². The van der Waals surface area contributed by atoms with Crippen LogP contribution >= 0.6 is 0 Å². The number of benzene rings is 2. The molecule has 136 valence electrons. The number of para-hydroxylation sites is 2. The standard InChI is InChI=1S/C21H17F2N3O/c1-3-12(2)21-24-16-6-4-5-7-17(16)26(21)11-13-10-18(27)25-20-14(13)8-9-15(22)19(20)23/h3-10H,11H2,1-2H3,(H,25,27). The highest BCUT2D eigenvalue weighted by Gasteiger charge is 2.16. The molecule has 27 heavy (non-hydrogen) atoms. The SMILES string of the molecule is CC=C(C)c1nc2ccccc2n1Cc1cc(=O)[nH]c2c(F)c(F)ccc12. The summed E-state index contributed by atoms with van der Waals surface area (Å²) in [5.41, 5.74) is 2.73. The van der Waals surface area contributed by atoms with Crippen molar-refractivity contribution in [3.8, 4) is 0 Å². The second-order valence-corrected chi connectivity index (χ2v) is 6.42. The van der Waals surface area contributed by atoms with Gasteiger partial charge in [0.25, 0.3) is 0 Å². The predicted octanol–water partition coefficient (Wildman–Crippen LogP) is 4.63. The molecule has 2 heterocycles. The monoisotopic (exact) mass is 365 g/mol. The predicted molar refractivity (Wildman–Crippen MR) is 103 cm³/mol. The Morgan fingerprint density at radius 1 is 1.22 bits per heavy atom. The molecule has 4 rings (SSSR count). The van der Waals surface area contributed by atoms with Gasteiger partial charge in [-0.2, -0.15) is 0 Å². The number of fused-ring (bicyclic) bond motifs is 2. The summed E-state index contributed by atoms with van der Waals surface area (Å²) in [4.78, 5) is 19.1. The molecule has 0 atom stereocenters. The first kappa shape index (κ1) is 17.1. The zero-order valence-electron chi connectivity index (χ0n) is 14.9. The fourth-order valence-corrected chi connectivity index (χ4v) is 3.30. The maximum atomic E-state index is 14.2. The van der Waals surface area contributed by atoms with Gasteiger partial charge in [-0.1, -0.05) is 18.2 Å². The molecule has 0 radical (unpaired) electrons. The van der Waals surface area contributed by atoms with Crippen molar-refractivity contribution in [1.29, 1.82) is 0 Å². The first-order valence-electron chi connectivity index (χ1n) is 8.58. The third kappa shape index (κ3) is 2.83. The largest absolute Gasteiger partial charge is 0.320 e. The fourth-order valence-electron chi connectivity index (χ4n) is 3.30. The van der Waals surface area contributed by atoms with Crippen LogP contribution in [0.1, 0.15) is 25.2 Å². The highest BCUT2D eigenvalue weighted by molar-refractivity contribution is 5.84. The number of hydrogen-bond acceptors (Lipinski definition) is 2. The maximum absolute atomic E-state index is 14.2. The van der Waals surface area contributed by atoms with E-state index < -0.39 is 17.2 Å². The van der Waals surface area contributed by atoms with Gasteiger partial charge in [-0.25, -0.2) is 13.8 Å². The van der Waals surface area contributed by atoms with E-state index in [4.69, 9.17) is 0 Å². The van der Waals surface area contributed by atoms with Gasteiger partial charge in [0, 0.05) is 11.5 Å². The lowest BCUT2D eigenvalue weighted by Crippen LogP contribution is -2.12. The molecule has 0 unspecified atom stereocenters. The molecule has 6 heteroatoms. The molecular weight excluding hydrogens is 348 g/mol. The van der Waals surface area contributed by atoms with Gasteiger partial charge >= 0.3 is 0 Å². The Kier molecular flexibility index (Phi) is 4.11. The van der Waals surface area contributed by atoms with E-state index in [9.17, 15) is 13.6 Å². The summed E-state index contributed by atoms with van der Waals surface area (Å²) in [6.07, 6.45) is 1.96. The number of aromatic nitrogens is 3. The summed E-state index contributed by atoms with van der Waals surface area (Å²) >= 11 is 0. The first-order chi connectivity index (χ1) is 13.0. The van der Waals surface area contributed by atoms with Gasteiger partial charge in [-0.3, -0.25) is 4.79 Å². The van der Waals surface area contributed by atoms with E-state index in [0.29, 0.717) is 17.5 Å². The molecule has 0 aliphatic rings. The van der Waals surface area contributed by atoms with E-state index in [0.717, 1.165) is 28.5 Å². The van der Waals surface area contributed by atoms with Crippen molar-refractivity contribution in [2.75, 3.05) is 0 Å². The van der Waals surface area contributed by atoms with Crippen LogP contribution in [0.15, 0.2) is 53.3 Å². The average Bonchev–Trinajstić information content (AvgIpc) is 3.03. The number of H-pyrrole nitrogens is 1. The normalized spacial score (nSPS) is 12.2. The Morgan fingerprint density at radius 3 is 2.78 bits per heavy atom. The summed E-state index contributed by atoms with van der Waals surface area (Å²) in [6.45, 7) is 4.20. The van der Waals surface area contributed by atoms with Crippen molar-refractivity contribution in [3.05, 3.63) is 81.9 Å². The highest BCUT2D eigenvalue weighted by Crippen LogP contribution is 2.26. The van der Waals surface area contributed by atoms with Crippen LogP contribution in [0, 0.1) is 11.6 Å². The van der Waals surface area contributed by atoms with E-state index in [1.807, 2.05) is 48.8 Å². The highest BCUT2D eigenvalue weighted by atomic mass is 19.2. The van der Waals surface area contributed by atoms with E-state index in [1.165, 1.54) is 12.1 Å². The zero-order valence-corrected chi connectivity index (χ0v) is 14.9. The van der Waals surface area contributed by atoms with Crippen molar-refractivity contribution < 1.29 is 8.78 Å². The van der Waals surface area contributed by atoms with E-state index in [-0.39, 0.29) is 5.52 Å². The Balaban J connectivity index is 1.98. The second kappa shape index (κ2) is 6.46. The van der Waals surface area contributed by atoms with Gasteiger partial charge in [0.05, 0.1) is 23.1 Å². The van der Waals surface area contributed by atoms with Crippen molar-refractivity contribution >= 4 is 27.5 Å². The third-order valence-electron chi connectivity index (χ3n) is 4.76. The van der Waals surface area contributed by atoms with Crippen LogP contribution in [0.25, 0.3) is 27.5 Å². The average molecular weight is 365 g/mol. The molecule has 0 aliphatic carbocycles. The maximum Gasteiger partial charge on any atom is 0.248 e. The molecule has 0 fully saturated rings. The molecule has 2 aromatic carbocycles. The third-order valence-corrected chi connectivity index (χ3v) is 4.76. The molecule has 4 aromatic rings. The minimum absolute atomic E-state index is 0.119. The van der Waals surface area contributed by atoms with Crippen LogP contribution in [0.4, 0.5) is 8.78 Å². The number of rotatable bonds is 3. The molecule has 0 aliphatic heterocycles. The smallest absolute Gasteiger partial charge is 0.248 e. The summed E-state index contributed by atoms with van der Waals surface area (Å²) in [5, 5.41) is 0.468. The molecule has 0 saturated carbocycles. The lowest BCUT2D eigenvalue weighted by atomic mass is 10.1. The minimum atomic E-state index is -1.05. The van der Waals surface area contributed by atoms with E-state index >= 15 is 0 Å². The minimum Gasteiger partial charge on any atom is -0.320 e. The molecular formula is C21H17F2N3O. The van der Waals surface area contributed by atoms with E-state index in [2.05, 4.69) is 9.97 Å². The van der Waals surface area contributed by atoms with Gasteiger partial charge in [-0.05, 0) is 49.2 Å². The molecule has 0 bridgehead atoms. The zero-order chi connectivity index (χ0) is 19.1. The van der Waals surface area contributed by atoms with Gasteiger partial charge in [-0.15, -0.1) is 0 Å². The van der Waals surface area contributed by atoms with Crippen LogP contribution < -0.4 is 5.56 Å². The Bertz CT molecular complexity index is 1270. The number of aromatic amines is 1. The summed E-state index contributed by atoms with van der Waals surface area (Å²) in [7, 11) is 0. The Labute approximate surface area is 153 Å². The van der Waals surface area contributed by atoms with Crippen molar-refractivity contribution in [1.82, 2.24) is 14.5 Å². The lowest BCUT2D eigenvalue weighted by molar-refractivity contribution is 0.515. The number of allylic oxidation sites excluding steroid dienone is 2. The van der Waals surface area contributed by atoms with Crippen LogP contribution in [0.5, 0.6) is 0 Å². The first-order valence-corrected chi connectivity index (χ1v) is 8.58. The van der Waals surface area contributed by atoms with Crippen LogP contribution in [0.3, 0.4) is 0 Å². The summed E-state index contributed by atoms with van der Waals surface area (Å²) < 4.78 is 29.8. The van der Waals surface area contributed by atoms with Crippen molar-refractivity contribution in [3.63, 3.8) is 0 Å². The topological polar surface area (TPSA) is 50.7 Å². The van der Waals surface area contributed by atoms with Crippen molar-refractivity contribution in [2.24, 2.45) is 0 Å². The van der Waals surface area contributed by atoms with Gasteiger partial charge in [0.2, 0.25) is 5.56 Å². The van der Waals surface area contributed by atoms with Gasteiger partial charge < -0.3 is 9.55 Å². The van der Waals surface area contributed by atoms with Gasteiger partial charge in [0.1, 0.15) is 5.82 Å². The number of nitrogens with zero attached hydrogens (tertiary/aromatic N) is 2. The lowest BCUT2D eigenvalue weighted by Gasteiger charge is -2.12. The number of halogens is 2. The van der Waals surface area contributed by atoms with Crippen LogP contribution in [-0.4, -0.2) is 14.5 Å². The Hall–Kier alpha value is -3.28. The molecule has 2 aromatic heterocycles. The molecule has 0 saturated heterocycles. The molecule has 1 N–H and O–H groups in total. The fraction of sp³-hybridized carbons (Fsp3) is 0.143. The quantitative estimate of drug-likeness (QED) is 0.576. The van der Waals surface area contributed by atoms with Crippen molar-refractivity contribution in [2.45, 2.75) is 20.4 Å². The molecule has 4 nitrogen and oxygen atoms in total. The van der Waals surface area contributed by atoms with Crippen LogP contribution in [-0.2, 0) is 6.54 Å². The number of hydrogen-bond donors (Lipinski definition) is 1. The Morgan fingerprint density at radius 2 is 2.00 bits per heavy atom. The molecule has 0 spiro atoms. The number of nitrogens with one attached hydrogen (secondary N) is 1. The molecule has 0 amide bonds. The number of pyridine rings is 1. The van der Waals surface area contributed by atoms with Crippen LogP contribution in [0.2, 0.25) is 0 Å². The summed E-state index contributed by atoms with van der Waals surface area (Å²) in [5.74, 6) is -1.27. The number of imidazole rings is 1. The second-order valence-electron chi connectivity index (χ2n) is 6.42.